The molecular formula is C14H18N2OS. The van der Waals surface area contributed by atoms with Crippen molar-refractivity contribution in [1.82, 2.24) is 4.98 Å². The number of anilines is 1. The fraction of sp³-hybridized carbons (Fsp3) is 0.357. The fourth-order valence-electron chi connectivity index (χ4n) is 1.68. The summed E-state index contributed by atoms with van der Waals surface area (Å²) in [5, 5.41) is 10.4. The minimum absolute atomic E-state index is 0.441. The Labute approximate surface area is 112 Å². The van der Waals surface area contributed by atoms with Crippen molar-refractivity contribution in [2.45, 2.75) is 26.5 Å². The molecule has 0 spiro atoms. The van der Waals surface area contributed by atoms with Gasteiger partial charge in [-0.1, -0.05) is 41.2 Å². The molecule has 1 unspecified atom stereocenters. The standard InChI is InChI=1S/C14H18N2OS/c1-10-4-6-12(7-5-10)9-16(3)14-15-8-13(18-14)11(2)17/h4-8,11,17H,9H2,1-3H3. The van der Waals surface area contributed by atoms with Crippen LogP contribution in [-0.4, -0.2) is 17.1 Å². The summed E-state index contributed by atoms with van der Waals surface area (Å²) in [6, 6.07) is 8.50. The number of aryl methyl sites for hydroxylation is 1. The molecule has 0 aliphatic heterocycles. The van der Waals surface area contributed by atoms with Crippen molar-refractivity contribution < 1.29 is 5.11 Å². The Morgan fingerprint density at radius 2 is 2.00 bits per heavy atom. The molecule has 96 valence electrons. The predicted octanol–water partition coefficient (Wildman–Crippen LogP) is 3.14. The number of aliphatic hydroxyl groups is 1. The summed E-state index contributed by atoms with van der Waals surface area (Å²) in [6.07, 6.45) is 1.31. The molecule has 1 atom stereocenters. The van der Waals surface area contributed by atoms with Gasteiger partial charge in [0.2, 0.25) is 0 Å². The molecule has 0 aliphatic carbocycles. The molecule has 0 amide bonds. The summed E-state index contributed by atoms with van der Waals surface area (Å²) >= 11 is 1.54. The molecule has 1 N–H and O–H groups in total. The summed E-state index contributed by atoms with van der Waals surface area (Å²) in [6.45, 7) is 4.67. The van der Waals surface area contributed by atoms with Gasteiger partial charge in [0.25, 0.3) is 0 Å². The summed E-state index contributed by atoms with van der Waals surface area (Å²) in [5.41, 5.74) is 2.53. The Bertz CT molecular complexity index is 505. The molecule has 0 radical (unpaired) electrons. The Morgan fingerprint density at radius 3 is 2.56 bits per heavy atom. The number of aliphatic hydroxyl groups excluding tert-OH is 1. The molecule has 0 aliphatic rings. The number of hydrogen-bond acceptors (Lipinski definition) is 4. The van der Waals surface area contributed by atoms with E-state index in [2.05, 4.69) is 41.1 Å². The first-order valence-electron chi connectivity index (χ1n) is 5.96. The smallest absolute Gasteiger partial charge is 0.185 e. The summed E-state index contributed by atoms with van der Waals surface area (Å²) in [7, 11) is 2.02. The molecular weight excluding hydrogens is 244 g/mol. The average molecular weight is 262 g/mol. The second-order valence-corrected chi connectivity index (χ2v) is 5.60. The lowest BCUT2D eigenvalue weighted by atomic mass is 10.1. The molecule has 2 aromatic rings. The maximum Gasteiger partial charge on any atom is 0.185 e. The number of nitrogens with zero attached hydrogens (tertiary/aromatic N) is 2. The monoisotopic (exact) mass is 262 g/mol. The van der Waals surface area contributed by atoms with Crippen LogP contribution >= 0.6 is 11.3 Å². The maximum atomic E-state index is 9.49. The minimum Gasteiger partial charge on any atom is -0.388 e. The number of aromatic nitrogens is 1. The molecule has 1 aromatic heterocycles. The predicted molar refractivity (Wildman–Crippen MR) is 76.0 cm³/mol. The van der Waals surface area contributed by atoms with Gasteiger partial charge in [-0.15, -0.1) is 0 Å². The van der Waals surface area contributed by atoms with Crippen molar-refractivity contribution in [3.05, 3.63) is 46.5 Å². The SMILES string of the molecule is Cc1ccc(CN(C)c2ncc(C(C)O)s2)cc1. The third-order valence-corrected chi connectivity index (χ3v) is 4.07. The average Bonchev–Trinajstić information content (AvgIpc) is 2.81. The van der Waals surface area contributed by atoms with Crippen LogP contribution in [-0.2, 0) is 6.54 Å². The van der Waals surface area contributed by atoms with Gasteiger partial charge in [0.05, 0.1) is 11.0 Å². The van der Waals surface area contributed by atoms with Gasteiger partial charge in [0.1, 0.15) is 0 Å². The van der Waals surface area contributed by atoms with Crippen molar-refractivity contribution in [3.63, 3.8) is 0 Å². The molecule has 2 rings (SSSR count). The van der Waals surface area contributed by atoms with Gasteiger partial charge in [0, 0.05) is 19.8 Å². The lowest BCUT2D eigenvalue weighted by Crippen LogP contribution is -2.15. The lowest BCUT2D eigenvalue weighted by Gasteiger charge is -2.15. The van der Waals surface area contributed by atoms with E-state index in [1.165, 1.54) is 22.5 Å². The van der Waals surface area contributed by atoms with E-state index in [4.69, 9.17) is 0 Å². The maximum absolute atomic E-state index is 9.49. The normalized spacial score (nSPS) is 12.4. The van der Waals surface area contributed by atoms with Crippen LogP contribution < -0.4 is 4.90 Å². The first-order valence-corrected chi connectivity index (χ1v) is 6.78. The van der Waals surface area contributed by atoms with Gasteiger partial charge in [0.15, 0.2) is 5.13 Å². The third kappa shape index (κ3) is 3.09. The van der Waals surface area contributed by atoms with Crippen molar-refractivity contribution in [3.8, 4) is 0 Å². The molecule has 18 heavy (non-hydrogen) atoms. The van der Waals surface area contributed by atoms with Crippen LogP contribution in [0.2, 0.25) is 0 Å². The van der Waals surface area contributed by atoms with E-state index in [-0.39, 0.29) is 0 Å². The van der Waals surface area contributed by atoms with Crippen molar-refractivity contribution in [2.75, 3.05) is 11.9 Å². The highest BCUT2D eigenvalue weighted by Gasteiger charge is 2.10. The molecule has 0 saturated carbocycles. The van der Waals surface area contributed by atoms with E-state index in [0.717, 1.165) is 16.6 Å². The van der Waals surface area contributed by atoms with E-state index < -0.39 is 6.10 Å². The molecule has 3 nitrogen and oxygen atoms in total. The van der Waals surface area contributed by atoms with Crippen LogP contribution in [0, 0.1) is 6.92 Å². The largest absolute Gasteiger partial charge is 0.388 e. The zero-order valence-corrected chi connectivity index (χ0v) is 11.7. The number of thiazole rings is 1. The molecule has 1 aromatic carbocycles. The Hall–Kier alpha value is -1.39. The van der Waals surface area contributed by atoms with Gasteiger partial charge < -0.3 is 10.0 Å². The highest BCUT2D eigenvalue weighted by Crippen LogP contribution is 2.27. The van der Waals surface area contributed by atoms with Crippen molar-refractivity contribution in [2.24, 2.45) is 0 Å². The van der Waals surface area contributed by atoms with Crippen LogP contribution in [0.1, 0.15) is 29.0 Å². The number of rotatable bonds is 4. The van der Waals surface area contributed by atoms with E-state index in [1.807, 2.05) is 7.05 Å². The van der Waals surface area contributed by atoms with Crippen LogP contribution in [0.3, 0.4) is 0 Å². The highest BCUT2D eigenvalue weighted by molar-refractivity contribution is 7.15. The summed E-state index contributed by atoms with van der Waals surface area (Å²) in [5.74, 6) is 0. The topological polar surface area (TPSA) is 36.4 Å². The lowest BCUT2D eigenvalue weighted by molar-refractivity contribution is 0.203. The second kappa shape index (κ2) is 5.50. The number of benzene rings is 1. The highest BCUT2D eigenvalue weighted by atomic mass is 32.1. The zero-order chi connectivity index (χ0) is 13.1. The van der Waals surface area contributed by atoms with Gasteiger partial charge in [-0.25, -0.2) is 4.98 Å². The Balaban J connectivity index is 2.06. The van der Waals surface area contributed by atoms with Crippen LogP contribution in [0.15, 0.2) is 30.5 Å². The Kier molecular flexibility index (Phi) is 3.99. The van der Waals surface area contributed by atoms with E-state index >= 15 is 0 Å². The van der Waals surface area contributed by atoms with Gasteiger partial charge in [-0.2, -0.15) is 0 Å². The Morgan fingerprint density at radius 1 is 1.33 bits per heavy atom. The van der Waals surface area contributed by atoms with Crippen molar-refractivity contribution in [1.29, 1.82) is 0 Å². The third-order valence-electron chi connectivity index (χ3n) is 2.79. The minimum atomic E-state index is -0.441. The van der Waals surface area contributed by atoms with Gasteiger partial charge >= 0.3 is 0 Å². The molecule has 1 heterocycles. The van der Waals surface area contributed by atoms with E-state index in [1.54, 1.807) is 13.1 Å². The number of hydrogen-bond donors (Lipinski definition) is 1. The van der Waals surface area contributed by atoms with E-state index in [9.17, 15) is 5.11 Å². The first kappa shape index (κ1) is 13.1. The molecule has 0 saturated heterocycles. The quantitative estimate of drug-likeness (QED) is 0.919. The molecule has 4 heteroatoms. The van der Waals surface area contributed by atoms with Gasteiger partial charge in [-0.3, -0.25) is 0 Å². The van der Waals surface area contributed by atoms with Crippen LogP contribution in [0.25, 0.3) is 0 Å². The van der Waals surface area contributed by atoms with E-state index in [0.29, 0.717) is 0 Å². The second-order valence-electron chi connectivity index (χ2n) is 4.56. The van der Waals surface area contributed by atoms with Crippen molar-refractivity contribution >= 4 is 16.5 Å². The first-order chi connectivity index (χ1) is 8.56. The van der Waals surface area contributed by atoms with Crippen LogP contribution in [0.5, 0.6) is 0 Å². The molecule has 0 fully saturated rings. The fourth-order valence-corrected chi connectivity index (χ4v) is 2.49. The van der Waals surface area contributed by atoms with Gasteiger partial charge in [-0.05, 0) is 19.4 Å². The summed E-state index contributed by atoms with van der Waals surface area (Å²) in [4.78, 5) is 7.34. The van der Waals surface area contributed by atoms with Crippen LogP contribution in [0.4, 0.5) is 5.13 Å². The zero-order valence-electron chi connectivity index (χ0n) is 10.9. The summed E-state index contributed by atoms with van der Waals surface area (Å²) < 4.78 is 0. The molecule has 0 bridgehead atoms.